The third kappa shape index (κ3) is 8.53. The summed E-state index contributed by atoms with van der Waals surface area (Å²) in [5, 5.41) is 14.2. The van der Waals surface area contributed by atoms with E-state index in [1.165, 1.54) is 18.2 Å². The fourth-order valence-electron chi connectivity index (χ4n) is 6.93. The van der Waals surface area contributed by atoms with Gasteiger partial charge in [-0.25, -0.2) is 4.21 Å². The second-order valence-corrected chi connectivity index (χ2v) is 16.5. The van der Waals surface area contributed by atoms with Crippen molar-refractivity contribution in [3.8, 4) is 11.6 Å². The number of aryl methyl sites for hydroxylation is 2. The molecule has 0 saturated carbocycles. The number of benzene rings is 2. The molecule has 4 aromatic rings. The number of nitrogens with zero attached hydrogens (tertiary/aromatic N) is 6. The number of ether oxygens (including phenoxy) is 3. The third-order valence-electron chi connectivity index (χ3n) is 9.95. The van der Waals surface area contributed by atoms with Gasteiger partial charge in [-0.3, -0.25) is 14.2 Å². The summed E-state index contributed by atoms with van der Waals surface area (Å²) in [7, 11) is 1.54. The van der Waals surface area contributed by atoms with Gasteiger partial charge in [0.2, 0.25) is 5.88 Å². The van der Waals surface area contributed by atoms with Crippen LogP contribution in [0, 0.1) is 17.8 Å². The Labute approximate surface area is 311 Å². The van der Waals surface area contributed by atoms with E-state index in [1.54, 1.807) is 31.1 Å². The molecule has 0 aliphatic carbocycles. The van der Waals surface area contributed by atoms with E-state index in [1.807, 2.05) is 25.1 Å². The summed E-state index contributed by atoms with van der Waals surface area (Å²) in [6, 6.07) is 11.4. The number of anilines is 2. The summed E-state index contributed by atoms with van der Waals surface area (Å²) in [6.45, 7) is 8.19. The van der Waals surface area contributed by atoms with Gasteiger partial charge >= 0.3 is 0 Å². The number of fused-ring (bicyclic) bond motifs is 3. The molecular formula is C38H48ClN7O5S. The summed E-state index contributed by atoms with van der Waals surface area (Å²) in [5.41, 5.74) is 3.84. The number of halogens is 1. The predicted octanol–water partition coefficient (Wildman–Crippen LogP) is 7.27. The van der Waals surface area contributed by atoms with Gasteiger partial charge in [0.1, 0.15) is 21.2 Å². The Kier molecular flexibility index (Phi) is 11.7. The summed E-state index contributed by atoms with van der Waals surface area (Å²) < 4.78 is 41.7. The SMILES string of the molecule is COc1nnc(NS2(=O)=NC(=O)c3ccc4c(c3)N(Cc3ccc(Cl)cc3CCCCO4)C[C@H](C)[C@@H](C)[C@@H](OC)/C=C/C[C@H](C)C2)c2nn(C)cc12. The minimum atomic E-state index is -3.45. The zero-order chi connectivity index (χ0) is 37.0. The van der Waals surface area contributed by atoms with Gasteiger partial charge in [-0.15, -0.1) is 14.6 Å². The second kappa shape index (κ2) is 16.2. The molecule has 14 heteroatoms. The number of aromatic nitrogens is 4. The number of allylic oxidation sites excluding steroid dienone is 1. The summed E-state index contributed by atoms with van der Waals surface area (Å²) in [5.74, 6) is 0.775. The number of methoxy groups -OCH3 is 2. The van der Waals surface area contributed by atoms with E-state index in [0.717, 1.165) is 24.9 Å². The van der Waals surface area contributed by atoms with E-state index in [2.05, 4.69) is 67.4 Å². The van der Waals surface area contributed by atoms with Crippen LogP contribution in [-0.4, -0.2) is 69.3 Å². The maximum Gasteiger partial charge on any atom is 0.286 e. The molecule has 1 unspecified atom stereocenters. The largest absolute Gasteiger partial charge is 0.491 e. The molecule has 1 amide bonds. The van der Waals surface area contributed by atoms with Crippen molar-refractivity contribution in [3.05, 3.63) is 76.5 Å². The Hall–Kier alpha value is -4.20. The molecule has 2 aliphatic rings. The lowest BCUT2D eigenvalue weighted by atomic mass is 9.89. The van der Waals surface area contributed by atoms with Gasteiger partial charge in [-0.2, -0.15) is 5.10 Å². The van der Waals surface area contributed by atoms with Crippen LogP contribution in [0.3, 0.4) is 0 Å². The van der Waals surface area contributed by atoms with Gasteiger partial charge in [0, 0.05) is 44.0 Å². The summed E-state index contributed by atoms with van der Waals surface area (Å²) >= 11 is 6.48. The maximum atomic E-state index is 14.9. The first-order chi connectivity index (χ1) is 25.0. The molecule has 0 saturated heterocycles. The van der Waals surface area contributed by atoms with Crippen LogP contribution in [-0.2, 0) is 34.7 Å². The molecule has 2 bridgehead atoms. The topological polar surface area (TPSA) is 133 Å². The van der Waals surface area contributed by atoms with Crippen LogP contribution < -0.4 is 19.1 Å². The molecule has 1 N–H and O–H groups in total. The summed E-state index contributed by atoms with van der Waals surface area (Å²) in [4.78, 5) is 16.4. The lowest BCUT2D eigenvalue weighted by Crippen LogP contribution is -2.35. The van der Waals surface area contributed by atoms with Gasteiger partial charge in [0.25, 0.3) is 5.91 Å². The van der Waals surface area contributed by atoms with Gasteiger partial charge in [0.05, 0.1) is 36.6 Å². The molecule has 12 nitrogen and oxygen atoms in total. The quantitative estimate of drug-likeness (QED) is 0.214. The zero-order valence-corrected chi connectivity index (χ0v) is 32.2. The van der Waals surface area contributed by atoms with E-state index < -0.39 is 15.8 Å². The van der Waals surface area contributed by atoms with Crippen molar-refractivity contribution in [2.24, 2.45) is 29.2 Å². The van der Waals surface area contributed by atoms with E-state index >= 15 is 0 Å². The number of rotatable bonds is 4. The fourth-order valence-corrected chi connectivity index (χ4v) is 9.05. The van der Waals surface area contributed by atoms with Crippen molar-refractivity contribution in [2.45, 2.75) is 59.1 Å². The fraction of sp³-hybridized carbons (Fsp3) is 0.474. The Morgan fingerprint density at radius 1 is 1.06 bits per heavy atom. The molecule has 2 aromatic heterocycles. The molecular weight excluding hydrogens is 702 g/mol. The van der Waals surface area contributed by atoms with Crippen LogP contribution in [0.5, 0.6) is 11.6 Å². The molecule has 52 heavy (non-hydrogen) atoms. The molecule has 2 aliphatic heterocycles. The minimum Gasteiger partial charge on any atom is -0.491 e. The van der Waals surface area contributed by atoms with Crippen LogP contribution in [0.4, 0.5) is 11.5 Å². The molecule has 0 fully saturated rings. The lowest BCUT2D eigenvalue weighted by Gasteiger charge is -2.34. The van der Waals surface area contributed by atoms with Crippen LogP contribution in [0.1, 0.15) is 61.5 Å². The third-order valence-corrected chi connectivity index (χ3v) is 12.2. The second-order valence-electron chi connectivity index (χ2n) is 14.0. The lowest BCUT2D eigenvalue weighted by molar-refractivity contribution is 0.0745. The Morgan fingerprint density at radius 3 is 2.67 bits per heavy atom. The maximum absolute atomic E-state index is 14.9. The first-order valence-electron chi connectivity index (χ1n) is 17.8. The first kappa shape index (κ1) is 37.6. The molecule has 5 atom stereocenters. The molecule has 278 valence electrons. The van der Waals surface area contributed by atoms with E-state index in [0.29, 0.717) is 53.4 Å². The highest BCUT2D eigenvalue weighted by Gasteiger charge is 2.28. The van der Waals surface area contributed by atoms with Crippen molar-refractivity contribution >= 4 is 49.8 Å². The Balaban J connectivity index is 1.49. The average Bonchev–Trinajstić information content (AvgIpc) is 3.50. The van der Waals surface area contributed by atoms with E-state index in [-0.39, 0.29) is 41.3 Å². The molecule has 2 aromatic carbocycles. The summed E-state index contributed by atoms with van der Waals surface area (Å²) in [6.07, 6.45) is 9.06. The highest BCUT2D eigenvalue weighted by Crippen LogP contribution is 2.36. The minimum absolute atomic E-state index is 0.0637. The van der Waals surface area contributed by atoms with Gasteiger partial charge in [-0.05, 0) is 84.9 Å². The van der Waals surface area contributed by atoms with Gasteiger partial charge < -0.3 is 19.1 Å². The van der Waals surface area contributed by atoms with Gasteiger partial charge in [-0.1, -0.05) is 50.6 Å². The van der Waals surface area contributed by atoms with E-state index in [4.69, 9.17) is 25.8 Å². The van der Waals surface area contributed by atoms with Crippen molar-refractivity contribution in [3.63, 3.8) is 0 Å². The smallest absolute Gasteiger partial charge is 0.286 e. The standard InChI is InChI=1S/C38H48ClN7O5S/c1-24-10-9-12-33(49-5)26(3)25(2)20-46-21-29-13-15-30(39)18-27(29)11-7-8-17-51-34-16-14-28(19-32(34)46)37(47)44-52(48,23-24)43-36-35-31(22-45(4)42-35)38(50-6)41-40-36/h9,12-16,18-19,22,24-26,33H,7-8,10-11,17,20-21,23H2,1-6H3,(H,40,43,44,47,48)/b12-9+/t24-,25-,26+,33-,52?/m0/s1. The van der Waals surface area contributed by atoms with Crippen LogP contribution in [0.2, 0.25) is 5.02 Å². The van der Waals surface area contributed by atoms with Gasteiger partial charge in [0.15, 0.2) is 5.82 Å². The highest BCUT2D eigenvalue weighted by atomic mass is 35.5. The Morgan fingerprint density at radius 2 is 1.88 bits per heavy atom. The number of hydrogen-bond acceptors (Lipinski definition) is 9. The average molecular weight is 750 g/mol. The van der Waals surface area contributed by atoms with Crippen molar-refractivity contribution in [1.82, 2.24) is 20.0 Å². The molecule has 0 spiro atoms. The predicted molar refractivity (Wildman–Crippen MR) is 206 cm³/mol. The number of carbonyl (C=O) groups is 1. The normalized spacial score (nSPS) is 25.3. The molecule has 0 radical (unpaired) electrons. The molecule has 6 rings (SSSR count). The van der Waals surface area contributed by atoms with E-state index in [9.17, 15) is 9.00 Å². The monoisotopic (exact) mass is 749 g/mol. The van der Waals surface area contributed by atoms with Crippen molar-refractivity contribution < 1.29 is 23.2 Å². The first-order valence-corrected chi connectivity index (χ1v) is 19.8. The van der Waals surface area contributed by atoms with Crippen molar-refractivity contribution in [2.75, 3.05) is 42.7 Å². The number of amides is 1. The molecule has 4 heterocycles. The number of nitrogens with one attached hydrogen (secondary N) is 1. The van der Waals surface area contributed by atoms with Crippen LogP contribution in [0.15, 0.2) is 59.1 Å². The van der Waals surface area contributed by atoms with Crippen LogP contribution in [0.25, 0.3) is 10.9 Å². The number of hydrogen-bond donors (Lipinski definition) is 1. The van der Waals surface area contributed by atoms with Crippen LogP contribution >= 0.6 is 11.6 Å². The number of carbonyl (C=O) groups excluding carboxylic acids is 1. The highest BCUT2D eigenvalue weighted by molar-refractivity contribution is 7.95. The Bertz CT molecular complexity index is 2080. The zero-order valence-electron chi connectivity index (χ0n) is 30.7. The van der Waals surface area contributed by atoms with Crippen molar-refractivity contribution in [1.29, 1.82) is 0 Å².